The molecule has 0 spiro atoms. The van der Waals surface area contributed by atoms with E-state index in [1.807, 2.05) is 0 Å². The minimum absolute atomic E-state index is 0.0546. The summed E-state index contributed by atoms with van der Waals surface area (Å²) in [4.78, 5) is 23.5. The minimum Gasteiger partial charge on any atom is -0.478 e. The van der Waals surface area contributed by atoms with Gasteiger partial charge in [-0.05, 0) is 50.2 Å². The number of carboxylic acids is 1. The third-order valence-electron chi connectivity index (χ3n) is 5.82. The Morgan fingerprint density at radius 2 is 1.67 bits per heavy atom. The lowest BCUT2D eigenvalue weighted by atomic mass is 9.77. The van der Waals surface area contributed by atoms with Crippen LogP contribution in [0.2, 0.25) is 0 Å². The molecule has 2 bridgehead atoms. The number of hydrogen-bond donors (Lipinski definition) is 2. The number of rotatable bonds is 5. The Morgan fingerprint density at radius 3 is 2.25 bits per heavy atom. The summed E-state index contributed by atoms with van der Waals surface area (Å²) in [7, 11) is 0. The van der Waals surface area contributed by atoms with Gasteiger partial charge in [0.25, 0.3) is 0 Å². The highest BCUT2D eigenvalue weighted by Crippen LogP contribution is 2.54. The van der Waals surface area contributed by atoms with E-state index in [1.165, 1.54) is 23.3 Å². The number of benzene rings is 1. The lowest BCUT2D eigenvalue weighted by Crippen LogP contribution is -2.31. The molecule has 1 aromatic rings. The molecule has 5 heteroatoms. The molecule has 0 saturated heterocycles. The molecule has 0 aromatic heterocycles. The van der Waals surface area contributed by atoms with E-state index in [2.05, 4.69) is 13.8 Å². The van der Waals surface area contributed by atoms with Crippen molar-refractivity contribution < 1.29 is 24.5 Å². The van der Waals surface area contributed by atoms with E-state index in [1.54, 1.807) is 12.1 Å². The lowest BCUT2D eigenvalue weighted by Gasteiger charge is -2.31. The normalized spacial score (nSPS) is 28.3. The number of carbonyl (C=O) groups is 2. The van der Waals surface area contributed by atoms with Gasteiger partial charge in [0.15, 0.2) is 0 Å². The van der Waals surface area contributed by atoms with E-state index < -0.39 is 11.9 Å². The standard InChI is InChI=1S/C19H22O5/c1-10-11(2)15-7-14(10)16(8-20)17(15)9-24-19(23)13-6-4-3-5-12(13)18(21)22/h3-6,14-17,20H,7-9H2,1-2H3,(H,21,22)/t14-,15+,16+,17-/m0/s1. The minimum atomic E-state index is -1.15. The van der Waals surface area contributed by atoms with Crippen LogP contribution in [0.3, 0.4) is 0 Å². The van der Waals surface area contributed by atoms with Crippen molar-refractivity contribution in [2.45, 2.75) is 20.3 Å². The Kier molecular flexibility index (Phi) is 4.45. The van der Waals surface area contributed by atoms with Gasteiger partial charge in [0, 0.05) is 12.5 Å². The molecular formula is C19H22O5. The molecular weight excluding hydrogens is 308 g/mol. The zero-order valence-corrected chi connectivity index (χ0v) is 13.9. The van der Waals surface area contributed by atoms with Crippen molar-refractivity contribution in [3.05, 3.63) is 46.5 Å². The number of esters is 1. The third kappa shape index (κ3) is 2.63. The highest BCUT2D eigenvalue weighted by molar-refractivity contribution is 6.02. The molecule has 2 aliphatic rings. The predicted octanol–water partition coefficient (Wildman–Crippen LogP) is 2.75. The molecule has 0 radical (unpaired) electrons. The first-order valence-corrected chi connectivity index (χ1v) is 8.23. The number of fused-ring (bicyclic) bond motifs is 2. The zero-order chi connectivity index (χ0) is 17.4. The maximum absolute atomic E-state index is 12.3. The summed E-state index contributed by atoms with van der Waals surface area (Å²) in [5.41, 5.74) is 2.72. The number of hydrogen-bond acceptors (Lipinski definition) is 4. The molecule has 0 amide bonds. The van der Waals surface area contributed by atoms with Gasteiger partial charge in [0.05, 0.1) is 17.7 Å². The SMILES string of the molecule is CC1=C(C)[C@@H]2C[C@H]1[C@H](COC(=O)c1ccccc1C(=O)O)[C@@H]2CO. The summed E-state index contributed by atoms with van der Waals surface area (Å²) in [6, 6.07) is 6.05. The molecule has 2 aliphatic carbocycles. The van der Waals surface area contributed by atoms with Crippen LogP contribution in [0.1, 0.15) is 41.0 Å². The third-order valence-corrected chi connectivity index (χ3v) is 5.82. The largest absolute Gasteiger partial charge is 0.478 e. The predicted molar refractivity (Wildman–Crippen MR) is 87.7 cm³/mol. The van der Waals surface area contributed by atoms with Crippen LogP contribution < -0.4 is 0 Å². The first-order chi connectivity index (χ1) is 11.5. The monoisotopic (exact) mass is 330 g/mol. The van der Waals surface area contributed by atoms with Crippen molar-refractivity contribution >= 4 is 11.9 Å². The molecule has 0 aliphatic heterocycles. The van der Waals surface area contributed by atoms with Crippen molar-refractivity contribution in [3.63, 3.8) is 0 Å². The van der Waals surface area contributed by atoms with Crippen LogP contribution in [0, 0.1) is 23.7 Å². The van der Waals surface area contributed by atoms with E-state index >= 15 is 0 Å². The summed E-state index contributed by atoms with van der Waals surface area (Å²) in [5.74, 6) is -0.841. The highest BCUT2D eigenvalue weighted by Gasteiger charge is 2.49. The van der Waals surface area contributed by atoms with E-state index in [9.17, 15) is 19.8 Å². The Balaban J connectivity index is 1.73. The molecule has 3 rings (SSSR count). The lowest BCUT2D eigenvalue weighted by molar-refractivity contribution is 0.0311. The Labute approximate surface area is 140 Å². The van der Waals surface area contributed by atoms with Crippen molar-refractivity contribution in [2.24, 2.45) is 23.7 Å². The smallest absolute Gasteiger partial charge is 0.339 e. The maximum Gasteiger partial charge on any atom is 0.339 e. The summed E-state index contributed by atoms with van der Waals surface area (Å²) in [6.45, 7) is 4.53. The van der Waals surface area contributed by atoms with Gasteiger partial charge in [-0.2, -0.15) is 0 Å². The van der Waals surface area contributed by atoms with Gasteiger partial charge in [-0.15, -0.1) is 0 Å². The Morgan fingerprint density at radius 1 is 1.08 bits per heavy atom. The van der Waals surface area contributed by atoms with Crippen LogP contribution in [0.5, 0.6) is 0 Å². The van der Waals surface area contributed by atoms with E-state index in [4.69, 9.17) is 4.74 Å². The number of aromatic carboxylic acids is 1. The van der Waals surface area contributed by atoms with E-state index in [0.717, 1.165) is 6.42 Å². The zero-order valence-electron chi connectivity index (χ0n) is 13.9. The van der Waals surface area contributed by atoms with Crippen LogP contribution in [-0.4, -0.2) is 35.4 Å². The molecule has 24 heavy (non-hydrogen) atoms. The van der Waals surface area contributed by atoms with Gasteiger partial charge >= 0.3 is 11.9 Å². The van der Waals surface area contributed by atoms with Crippen LogP contribution >= 0.6 is 0 Å². The number of allylic oxidation sites excluding steroid dienone is 2. The van der Waals surface area contributed by atoms with Gasteiger partial charge in [0.2, 0.25) is 0 Å². The van der Waals surface area contributed by atoms with E-state index in [0.29, 0.717) is 11.8 Å². The summed E-state index contributed by atoms with van der Waals surface area (Å²) in [5, 5.41) is 18.9. The average Bonchev–Trinajstić information content (AvgIpc) is 3.08. The first kappa shape index (κ1) is 16.7. The quantitative estimate of drug-likeness (QED) is 0.640. The van der Waals surface area contributed by atoms with Crippen molar-refractivity contribution in [2.75, 3.05) is 13.2 Å². The molecule has 1 saturated carbocycles. The molecule has 0 heterocycles. The number of ether oxygens (including phenoxy) is 1. The van der Waals surface area contributed by atoms with Gasteiger partial charge < -0.3 is 14.9 Å². The maximum atomic E-state index is 12.3. The molecule has 4 atom stereocenters. The highest BCUT2D eigenvalue weighted by atomic mass is 16.5. The van der Waals surface area contributed by atoms with Gasteiger partial charge in [0.1, 0.15) is 0 Å². The molecule has 1 aromatic carbocycles. The topological polar surface area (TPSA) is 83.8 Å². The average molecular weight is 330 g/mol. The summed E-state index contributed by atoms with van der Waals surface area (Å²) >= 11 is 0. The van der Waals surface area contributed by atoms with E-state index in [-0.39, 0.29) is 36.2 Å². The summed E-state index contributed by atoms with van der Waals surface area (Å²) < 4.78 is 5.44. The fourth-order valence-electron chi connectivity index (χ4n) is 4.40. The number of carboxylic acid groups (broad SMARTS) is 1. The second-order valence-electron chi connectivity index (χ2n) is 6.77. The van der Waals surface area contributed by atoms with Crippen molar-refractivity contribution in [1.82, 2.24) is 0 Å². The molecule has 128 valence electrons. The summed E-state index contributed by atoms with van der Waals surface area (Å²) in [6.07, 6.45) is 1.01. The van der Waals surface area contributed by atoms with Crippen LogP contribution in [0.4, 0.5) is 0 Å². The Bertz CT molecular complexity index is 705. The number of aliphatic hydroxyl groups excluding tert-OH is 1. The molecule has 0 unspecified atom stereocenters. The second kappa shape index (κ2) is 6.40. The fourth-order valence-corrected chi connectivity index (χ4v) is 4.40. The van der Waals surface area contributed by atoms with Gasteiger partial charge in [-0.1, -0.05) is 23.3 Å². The molecule has 5 nitrogen and oxygen atoms in total. The fraction of sp³-hybridized carbons (Fsp3) is 0.474. The van der Waals surface area contributed by atoms with Crippen LogP contribution in [-0.2, 0) is 4.74 Å². The van der Waals surface area contributed by atoms with Crippen LogP contribution in [0.25, 0.3) is 0 Å². The van der Waals surface area contributed by atoms with Crippen molar-refractivity contribution in [1.29, 1.82) is 0 Å². The number of carbonyl (C=O) groups excluding carboxylic acids is 1. The first-order valence-electron chi connectivity index (χ1n) is 8.23. The Hall–Kier alpha value is -2.14. The second-order valence-corrected chi connectivity index (χ2v) is 6.77. The van der Waals surface area contributed by atoms with Gasteiger partial charge in [-0.3, -0.25) is 0 Å². The number of aliphatic hydroxyl groups is 1. The van der Waals surface area contributed by atoms with Crippen molar-refractivity contribution in [3.8, 4) is 0 Å². The molecule has 2 N–H and O–H groups in total. The van der Waals surface area contributed by atoms with Gasteiger partial charge in [-0.25, -0.2) is 9.59 Å². The van der Waals surface area contributed by atoms with Crippen LogP contribution in [0.15, 0.2) is 35.4 Å². The molecule has 1 fully saturated rings.